The summed E-state index contributed by atoms with van der Waals surface area (Å²) >= 11 is 0. The predicted molar refractivity (Wildman–Crippen MR) is 70.3 cm³/mol. The molecule has 1 unspecified atom stereocenters. The monoisotopic (exact) mass is 284 g/mol. The number of fused-ring (bicyclic) bond motifs is 1. The predicted octanol–water partition coefficient (Wildman–Crippen LogP) is 0.258. The highest BCUT2D eigenvalue weighted by Gasteiger charge is 2.28. The first kappa shape index (κ1) is 14.0. The first-order chi connectivity index (χ1) is 8.84. The van der Waals surface area contributed by atoms with Gasteiger partial charge in [0.1, 0.15) is 6.10 Å². The number of hydrogen-bond donors (Lipinski definition) is 1. The Morgan fingerprint density at radius 3 is 2.74 bits per heavy atom. The van der Waals surface area contributed by atoms with Crippen molar-refractivity contribution in [2.24, 2.45) is 5.14 Å². The van der Waals surface area contributed by atoms with E-state index in [0.29, 0.717) is 13.0 Å². The van der Waals surface area contributed by atoms with E-state index < -0.39 is 16.1 Å². The lowest BCUT2D eigenvalue weighted by molar-refractivity contribution is -0.127. The fourth-order valence-electron chi connectivity index (χ4n) is 2.10. The number of hydrogen-bond acceptors (Lipinski definition) is 4. The second kappa shape index (κ2) is 4.92. The van der Waals surface area contributed by atoms with Crippen molar-refractivity contribution in [3.05, 3.63) is 23.8 Å². The average Bonchev–Trinajstić information content (AvgIpc) is 2.78. The zero-order chi connectivity index (χ0) is 14.2. The Hall–Kier alpha value is -1.44. The van der Waals surface area contributed by atoms with Gasteiger partial charge in [-0.15, -0.1) is 0 Å². The van der Waals surface area contributed by atoms with Gasteiger partial charge in [-0.2, -0.15) is 0 Å². The van der Waals surface area contributed by atoms with E-state index in [1.165, 1.54) is 19.2 Å². The lowest BCUT2D eigenvalue weighted by Crippen LogP contribution is -2.37. The maximum absolute atomic E-state index is 12.1. The van der Waals surface area contributed by atoms with Crippen molar-refractivity contribution < 1.29 is 17.9 Å². The molecule has 7 heteroatoms. The first-order valence-electron chi connectivity index (χ1n) is 5.84. The Labute approximate surface area is 112 Å². The zero-order valence-corrected chi connectivity index (χ0v) is 11.6. The number of anilines is 1. The Kier molecular flexibility index (Phi) is 3.62. The molecule has 0 saturated heterocycles. The smallest absolute Gasteiger partial charge is 0.255 e. The van der Waals surface area contributed by atoms with Gasteiger partial charge in [-0.1, -0.05) is 0 Å². The number of primary sulfonamides is 1. The molecule has 1 aromatic rings. The van der Waals surface area contributed by atoms with Crippen LogP contribution in [0.15, 0.2) is 23.1 Å². The number of carbonyl (C=O) groups is 1. The highest BCUT2D eigenvalue weighted by atomic mass is 32.2. The molecule has 2 rings (SSSR count). The van der Waals surface area contributed by atoms with Crippen molar-refractivity contribution >= 4 is 21.6 Å². The molecule has 0 fully saturated rings. The van der Waals surface area contributed by atoms with E-state index in [9.17, 15) is 13.2 Å². The maximum atomic E-state index is 12.1. The number of benzene rings is 1. The summed E-state index contributed by atoms with van der Waals surface area (Å²) in [5.74, 6) is -0.135. The summed E-state index contributed by atoms with van der Waals surface area (Å²) in [6.07, 6.45) is 0.0878. The standard InChI is InChI=1S/C12H16N2O4S/c1-8(18-2)12(15)14-6-5-9-7-10(19(13,16)17)3-4-11(9)14/h3-4,7-8H,5-6H2,1-2H3,(H2,13,16,17). The van der Waals surface area contributed by atoms with Gasteiger partial charge in [0.2, 0.25) is 10.0 Å². The largest absolute Gasteiger partial charge is 0.372 e. The van der Waals surface area contributed by atoms with Gasteiger partial charge in [-0.3, -0.25) is 4.79 Å². The molecule has 104 valence electrons. The van der Waals surface area contributed by atoms with Crippen LogP contribution < -0.4 is 10.0 Å². The molecule has 1 amide bonds. The fourth-order valence-corrected chi connectivity index (χ4v) is 2.67. The van der Waals surface area contributed by atoms with E-state index in [4.69, 9.17) is 9.88 Å². The van der Waals surface area contributed by atoms with Crippen LogP contribution in [0.5, 0.6) is 0 Å². The molecule has 0 aromatic heterocycles. The molecular weight excluding hydrogens is 268 g/mol. The first-order valence-corrected chi connectivity index (χ1v) is 7.39. The number of amides is 1. The van der Waals surface area contributed by atoms with Crippen LogP contribution in [0.1, 0.15) is 12.5 Å². The van der Waals surface area contributed by atoms with Gasteiger partial charge in [-0.05, 0) is 37.1 Å². The highest BCUT2D eigenvalue weighted by Crippen LogP contribution is 2.30. The SMILES string of the molecule is COC(C)C(=O)N1CCc2cc(S(N)(=O)=O)ccc21. The summed E-state index contributed by atoms with van der Waals surface area (Å²) in [6.45, 7) is 2.20. The quantitative estimate of drug-likeness (QED) is 0.862. The van der Waals surface area contributed by atoms with Crippen LogP contribution in [0.4, 0.5) is 5.69 Å². The number of nitrogens with two attached hydrogens (primary N) is 1. The van der Waals surface area contributed by atoms with E-state index in [2.05, 4.69) is 0 Å². The molecule has 0 radical (unpaired) electrons. The third kappa shape index (κ3) is 2.63. The molecule has 0 bridgehead atoms. The minimum atomic E-state index is -3.71. The Bertz CT molecular complexity index is 612. The molecule has 6 nitrogen and oxygen atoms in total. The molecule has 2 N–H and O–H groups in total. The van der Waals surface area contributed by atoms with Crippen LogP contribution in [0.25, 0.3) is 0 Å². The maximum Gasteiger partial charge on any atom is 0.255 e. The number of methoxy groups -OCH3 is 1. The van der Waals surface area contributed by atoms with Crippen LogP contribution in [-0.4, -0.2) is 34.1 Å². The number of carbonyl (C=O) groups excluding carboxylic acids is 1. The second-order valence-corrected chi connectivity index (χ2v) is 6.01. The topological polar surface area (TPSA) is 89.7 Å². The molecule has 19 heavy (non-hydrogen) atoms. The summed E-state index contributed by atoms with van der Waals surface area (Å²) in [6, 6.07) is 4.55. The second-order valence-electron chi connectivity index (χ2n) is 4.45. The third-order valence-electron chi connectivity index (χ3n) is 3.24. The van der Waals surface area contributed by atoms with Gasteiger partial charge in [-0.25, -0.2) is 13.6 Å². The van der Waals surface area contributed by atoms with Crippen molar-refractivity contribution in [1.82, 2.24) is 0 Å². The van der Waals surface area contributed by atoms with Crippen LogP contribution >= 0.6 is 0 Å². The van der Waals surface area contributed by atoms with Gasteiger partial charge in [0.15, 0.2) is 0 Å². The van der Waals surface area contributed by atoms with Gasteiger partial charge >= 0.3 is 0 Å². The Morgan fingerprint density at radius 1 is 1.47 bits per heavy atom. The summed E-state index contributed by atoms with van der Waals surface area (Å²) in [5.41, 5.74) is 1.53. The van der Waals surface area contributed by atoms with Crippen LogP contribution in [0, 0.1) is 0 Å². The van der Waals surface area contributed by atoms with Gasteiger partial charge < -0.3 is 9.64 Å². The normalized spacial score (nSPS) is 16.3. The molecule has 0 spiro atoms. The van der Waals surface area contributed by atoms with Crippen LogP contribution in [0.3, 0.4) is 0 Å². The summed E-state index contributed by atoms with van der Waals surface area (Å²) < 4.78 is 27.6. The fraction of sp³-hybridized carbons (Fsp3) is 0.417. The van der Waals surface area contributed by atoms with Gasteiger partial charge in [0.25, 0.3) is 5.91 Å². The molecule has 1 aliphatic rings. The molecular formula is C12H16N2O4S. The number of rotatable bonds is 3. The van der Waals surface area contributed by atoms with Gasteiger partial charge in [0.05, 0.1) is 4.90 Å². The Morgan fingerprint density at radius 2 is 2.16 bits per heavy atom. The van der Waals surface area contributed by atoms with Crippen LogP contribution in [0.2, 0.25) is 0 Å². The lowest BCUT2D eigenvalue weighted by atomic mass is 10.2. The van der Waals surface area contributed by atoms with Crippen molar-refractivity contribution in [2.75, 3.05) is 18.6 Å². The van der Waals surface area contributed by atoms with Crippen molar-refractivity contribution in [2.45, 2.75) is 24.3 Å². The molecule has 1 aromatic carbocycles. The molecule has 1 atom stereocenters. The van der Waals surface area contributed by atoms with E-state index in [1.54, 1.807) is 17.9 Å². The van der Waals surface area contributed by atoms with Crippen LogP contribution in [-0.2, 0) is 26.0 Å². The number of sulfonamides is 1. The van der Waals surface area contributed by atoms with E-state index in [1.807, 2.05) is 0 Å². The summed E-state index contributed by atoms with van der Waals surface area (Å²) in [4.78, 5) is 13.8. The lowest BCUT2D eigenvalue weighted by Gasteiger charge is -2.20. The zero-order valence-electron chi connectivity index (χ0n) is 10.8. The minimum absolute atomic E-state index is 0.0698. The van der Waals surface area contributed by atoms with E-state index >= 15 is 0 Å². The number of ether oxygens (including phenoxy) is 1. The Balaban J connectivity index is 2.35. The average molecular weight is 284 g/mol. The van der Waals surface area contributed by atoms with Gasteiger partial charge in [0, 0.05) is 19.3 Å². The molecule has 1 heterocycles. The minimum Gasteiger partial charge on any atom is -0.372 e. The number of nitrogens with zero attached hydrogens (tertiary/aromatic N) is 1. The molecule has 0 saturated carbocycles. The van der Waals surface area contributed by atoms with Crippen molar-refractivity contribution in [3.63, 3.8) is 0 Å². The van der Waals surface area contributed by atoms with E-state index in [-0.39, 0.29) is 10.8 Å². The van der Waals surface area contributed by atoms with E-state index in [0.717, 1.165) is 11.3 Å². The molecule has 0 aliphatic carbocycles. The summed E-state index contributed by atoms with van der Waals surface area (Å²) in [7, 11) is -2.24. The van der Waals surface area contributed by atoms with Crippen molar-refractivity contribution in [3.8, 4) is 0 Å². The molecule has 1 aliphatic heterocycles. The van der Waals surface area contributed by atoms with Crippen molar-refractivity contribution in [1.29, 1.82) is 0 Å². The highest BCUT2D eigenvalue weighted by molar-refractivity contribution is 7.89. The third-order valence-corrected chi connectivity index (χ3v) is 4.15. The summed E-state index contributed by atoms with van der Waals surface area (Å²) in [5, 5.41) is 5.09.